The van der Waals surface area contributed by atoms with E-state index < -0.39 is 5.97 Å². The number of carboxylic acid groups (broad SMARTS) is 1. The Kier molecular flexibility index (Phi) is 5.20. The van der Waals surface area contributed by atoms with E-state index in [1.54, 1.807) is 12.4 Å². The maximum Gasteiger partial charge on any atom is 0.328 e. The third-order valence-electron chi connectivity index (χ3n) is 4.91. The van der Waals surface area contributed by atoms with Crippen LogP contribution in [0.5, 0.6) is 0 Å². The normalized spacial score (nSPS) is 14.4. The summed E-state index contributed by atoms with van der Waals surface area (Å²) in [5.74, 6) is -0.0427. The maximum absolute atomic E-state index is 10.9. The van der Waals surface area contributed by atoms with E-state index in [2.05, 4.69) is 14.9 Å². The highest BCUT2D eigenvalue weighted by Gasteiger charge is 2.20. The van der Waals surface area contributed by atoms with Gasteiger partial charge in [0.25, 0.3) is 0 Å². The van der Waals surface area contributed by atoms with Gasteiger partial charge in [0.2, 0.25) is 0 Å². The van der Waals surface area contributed by atoms with E-state index in [-0.39, 0.29) is 0 Å². The monoisotopic (exact) mass is 413 g/mol. The fourth-order valence-corrected chi connectivity index (χ4v) is 3.86. The van der Waals surface area contributed by atoms with Crippen molar-refractivity contribution < 1.29 is 9.90 Å². The Morgan fingerprint density at radius 3 is 2.57 bits per heavy atom. The molecule has 1 N–H and O–H groups in total. The topological polar surface area (TPSA) is 66.3 Å². The van der Waals surface area contributed by atoms with Crippen LogP contribution in [0.25, 0.3) is 22.0 Å². The summed E-state index contributed by atoms with van der Waals surface area (Å²) in [6, 6.07) is 11.5. The van der Waals surface area contributed by atoms with E-state index in [0.29, 0.717) is 36.0 Å². The van der Waals surface area contributed by atoms with E-state index in [1.807, 2.05) is 30.3 Å². The van der Waals surface area contributed by atoms with E-state index in [4.69, 9.17) is 28.3 Å². The highest BCUT2D eigenvalue weighted by atomic mass is 35.5. The summed E-state index contributed by atoms with van der Waals surface area (Å²) in [5, 5.41) is 10.9. The van der Waals surface area contributed by atoms with Crippen LogP contribution >= 0.6 is 23.2 Å². The molecule has 0 amide bonds. The summed E-state index contributed by atoms with van der Waals surface area (Å²) in [5.41, 5.74) is 3.73. The van der Waals surface area contributed by atoms with Gasteiger partial charge in [-0.2, -0.15) is 0 Å². The van der Waals surface area contributed by atoms with Crippen LogP contribution in [0.3, 0.4) is 0 Å². The molecule has 0 bridgehead atoms. The lowest BCUT2D eigenvalue weighted by atomic mass is 9.99. The molecule has 3 aromatic rings. The molecule has 1 aliphatic rings. The molecule has 1 aromatic heterocycles. The Morgan fingerprint density at radius 1 is 1.07 bits per heavy atom. The molecule has 1 aliphatic heterocycles. The van der Waals surface area contributed by atoms with Gasteiger partial charge in [0.1, 0.15) is 12.1 Å². The lowest BCUT2D eigenvalue weighted by molar-refractivity contribution is -0.131. The Labute approximate surface area is 172 Å². The zero-order valence-corrected chi connectivity index (χ0v) is 16.4. The molecule has 7 heteroatoms. The number of aliphatic carboxylic acids is 1. The number of hydrogen-bond acceptors (Lipinski definition) is 4. The number of fused-ring (bicyclic) bond motifs is 1. The van der Waals surface area contributed by atoms with Gasteiger partial charge < -0.3 is 10.0 Å². The molecule has 2 aromatic carbocycles. The molecule has 0 saturated carbocycles. The summed E-state index contributed by atoms with van der Waals surface area (Å²) in [4.78, 5) is 22.1. The van der Waals surface area contributed by atoms with Crippen LogP contribution in [0.1, 0.15) is 12.8 Å². The lowest BCUT2D eigenvalue weighted by Gasteiger charge is -2.30. The minimum Gasteiger partial charge on any atom is -0.478 e. The molecule has 0 atom stereocenters. The van der Waals surface area contributed by atoms with Crippen LogP contribution < -0.4 is 4.90 Å². The molecule has 2 heterocycles. The van der Waals surface area contributed by atoms with E-state index in [1.165, 1.54) is 6.08 Å². The molecule has 1 saturated heterocycles. The van der Waals surface area contributed by atoms with Gasteiger partial charge in [-0.25, -0.2) is 14.8 Å². The third kappa shape index (κ3) is 3.68. The highest BCUT2D eigenvalue weighted by molar-refractivity contribution is 6.42. The number of carbonyl (C=O) groups is 1. The molecule has 0 radical (unpaired) electrons. The van der Waals surface area contributed by atoms with Crippen LogP contribution in [0.4, 0.5) is 5.82 Å². The first-order valence-electron chi connectivity index (χ1n) is 8.89. The SMILES string of the molecule is O=C(O)C=C1CCN(c2ncnc3cccc(-c4ccc(Cl)c(Cl)c4)c23)CC1. The van der Waals surface area contributed by atoms with Crippen LogP contribution in [0.2, 0.25) is 10.0 Å². The molecule has 5 nitrogen and oxygen atoms in total. The summed E-state index contributed by atoms with van der Waals surface area (Å²) in [6.07, 6.45) is 4.29. The second-order valence-corrected chi connectivity index (χ2v) is 7.47. The van der Waals surface area contributed by atoms with Crippen molar-refractivity contribution in [3.05, 3.63) is 64.4 Å². The smallest absolute Gasteiger partial charge is 0.328 e. The van der Waals surface area contributed by atoms with Crippen molar-refractivity contribution in [3.63, 3.8) is 0 Å². The Morgan fingerprint density at radius 2 is 1.86 bits per heavy atom. The first-order valence-corrected chi connectivity index (χ1v) is 9.65. The lowest BCUT2D eigenvalue weighted by Crippen LogP contribution is -2.31. The molecule has 4 rings (SSSR count). The second kappa shape index (κ2) is 7.78. The zero-order valence-electron chi connectivity index (χ0n) is 14.9. The zero-order chi connectivity index (χ0) is 19.7. The quantitative estimate of drug-likeness (QED) is 0.596. The number of hydrogen-bond donors (Lipinski definition) is 1. The first kappa shape index (κ1) is 18.7. The molecule has 1 fully saturated rings. The summed E-state index contributed by atoms with van der Waals surface area (Å²) in [6.45, 7) is 1.42. The molecular formula is C21H17Cl2N3O2. The van der Waals surface area contributed by atoms with Crippen LogP contribution in [-0.4, -0.2) is 34.1 Å². The van der Waals surface area contributed by atoms with Crippen molar-refractivity contribution in [1.29, 1.82) is 0 Å². The average molecular weight is 414 g/mol. The van der Waals surface area contributed by atoms with Gasteiger partial charge in [-0.05, 0) is 42.2 Å². The Balaban J connectivity index is 1.78. The summed E-state index contributed by atoms with van der Waals surface area (Å²) >= 11 is 12.3. The van der Waals surface area contributed by atoms with Gasteiger partial charge in [0, 0.05) is 19.2 Å². The molecule has 28 heavy (non-hydrogen) atoms. The van der Waals surface area contributed by atoms with Crippen molar-refractivity contribution in [1.82, 2.24) is 9.97 Å². The second-order valence-electron chi connectivity index (χ2n) is 6.65. The van der Waals surface area contributed by atoms with Crippen molar-refractivity contribution in [2.75, 3.05) is 18.0 Å². The van der Waals surface area contributed by atoms with Gasteiger partial charge >= 0.3 is 5.97 Å². The Bertz CT molecular complexity index is 1080. The number of nitrogens with zero attached hydrogens (tertiary/aromatic N) is 3. The van der Waals surface area contributed by atoms with Gasteiger partial charge in [-0.3, -0.25) is 0 Å². The van der Waals surface area contributed by atoms with Gasteiger partial charge in [0.15, 0.2) is 0 Å². The number of piperidine rings is 1. The third-order valence-corrected chi connectivity index (χ3v) is 5.65. The summed E-state index contributed by atoms with van der Waals surface area (Å²) in [7, 11) is 0. The number of halogens is 2. The number of rotatable bonds is 3. The fourth-order valence-electron chi connectivity index (χ4n) is 3.56. The highest BCUT2D eigenvalue weighted by Crippen LogP contribution is 2.37. The van der Waals surface area contributed by atoms with Crippen molar-refractivity contribution in [3.8, 4) is 11.1 Å². The largest absolute Gasteiger partial charge is 0.478 e. The van der Waals surface area contributed by atoms with E-state index in [9.17, 15) is 4.79 Å². The minimum atomic E-state index is -0.891. The predicted octanol–water partition coefficient (Wildman–Crippen LogP) is 5.21. The van der Waals surface area contributed by atoms with E-state index >= 15 is 0 Å². The van der Waals surface area contributed by atoms with Crippen LogP contribution in [0.15, 0.2) is 54.4 Å². The van der Waals surface area contributed by atoms with Gasteiger partial charge in [-0.15, -0.1) is 0 Å². The first-order chi connectivity index (χ1) is 13.5. The van der Waals surface area contributed by atoms with Crippen molar-refractivity contribution in [2.45, 2.75) is 12.8 Å². The van der Waals surface area contributed by atoms with Crippen molar-refractivity contribution in [2.24, 2.45) is 0 Å². The molecule has 142 valence electrons. The summed E-state index contributed by atoms with van der Waals surface area (Å²) < 4.78 is 0. The molecule has 0 unspecified atom stereocenters. The standard InChI is InChI=1S/C21H17Cl2N3O2/c22-16-5-4-14(11-17(16)23)15-2-1-3-18-20(15)21(25-12-24-18)26-8-6-13(7-9-26)10-19(27)28/h1-5,10-12H,6-9H2,(H,27,28). The predicted molar refractivity (Wildman–Crippen MR) is 112 cm³/mol. The maximum atomic E-state index is 10.9. The number of anilines is 1. The molecular weight excluding hydrogens is 397 g/mol. The molecule has 0 spiro atoms. The van der Waals surface area contributed by atoms with Crippen molar-refractivity contribution >= 4 is 45.9 Å². The van der Waals surface area contributed by atoms with Gasteiger partial charge in [-0.1, -0.05) is 47.0 Å². The fraction of sp³-hybridized carbons (Fsp3) is 0.190. The number of carboxylic acids is 1. The minimum absolute atomic E-state index is 0.496. The van der Waals surface area contributed by atoms with Crippen LogP contribution in [-0.2, 0) is 4.79 Å². The van der Waals surface area contributed by atoms with E-state index in [0.717, 1.165) is 33.4 Å². The van der Waals surface area contributed by atoms with Gasteiger partial charge in [0.05, 0.1) is 20.9 Å². The molecule has 0 aliphatic carbocycles. The number of benzene rings is 2. The number of aromatic nitrogens is 2. The Hall–Kier alpha value is -2.63. The average Bonchev–Trinajstić information content (AvgIpc) is 2.69. The van der Waals surface area contributed by atoms with Crippen LogP contribution in [0, 0.1) is 0 Å².